The molecule has 292 valence electrons. The minimum atomic E-state index is -1.23. The molecule has 2 saturated heterocycles. The minimum absolute atomic E-state index is 0.0331. The molecule has 2 aromatic carbocycles. The number of carboxylic acid groups (broad SMARTS) is 1. The summed E-state index contributed by atoms with van der Waals surface area (Å²) in [6.07, 6.45) is 3.08. The van der Waals surface area contributed by atoms with Crippen LogP contribution in [0.2, 0.25) is 0 Å². The number of aryl methyl sites for hydroxylation is 2. The number of hydrogen-bond donors (Lipinski definition) is 6. The standard InChI is InChI=1S/C21H26O4S.C14H28N2O2.C5H9NO2/c1-12-4-7-14(8-5-12)10-16-11-15(9-6-13(16)2)20-18(23)17(22)19(24)21(25-20)26-3;1-6-7-8-12(17)11-14(2,3)13(18)15-9-10-16(4)5;7-5(8)4-2-1-3-6-4/h4-9,11,17-24H,10H2,1-3H3;6-11H2,1-5H3,(H,15,18);4,6H,1-3H2,(H,7,8)/t17-,18-,19+,20+,21-;;4-/m1.0/s1. The highest BCUT2D eigenvalue weighted by Crippen LogP contribution is 2.36. The van der Waals surface area contributed by atoms with Crippen LogP contribution in [0.15, 0.2) is 42.5 Å². The summed E-state index contributed by atoms with van der Waals surface area (Å²) in [6, 6.07) is 14.1. The zero-order chi connectivity index (χ0) is 39.0. The molecule has 0 spiro atoms. The van der Waals surface area contributed by atoms with Crippen molar-refractivity contribution in [1.82, 2.24) is 15.5 Å². The zero-order valence-electron chi connectivity index (χ0n) is 32.4. The van der Waals surface area contributed by atoms with Gasteiger partial charge >= 0.3 is 5.97 Å². The van der Waals surface area contributed by atoms with Gasteiger partial charge in [0, 0.05) is 25.9 Å². The van der Waals surface area contributed by atoms with E-state index in [1.54, 1.807) is 0 Å². The van der Waals surface area contributed by atoms with Gasteiger partial charge in [-0.05, 0) is 88.7 Å². The van der Waals surface area contributed by atoms with Crippen molar-refractivity contribution in [2.75, 3.05) is 40.0 Å². The summed E-state index contributed by atoms with van der Waals surface area (Å²) in [4.78, 5) is 35.8. The molecular weight excluding hydrogens is 683 g/mol. The fourth-order valence-corrected chi connectivity index (χ4v) is 6.54. The zero-order valence-corrected chi connectivity index (χ0v) is 33.2. The van der Waals surface area contributed by atoms with Crippen LogP contribution in [0.5, 0.6) is 0 Å². The summed E-state index contributed by atoms with van der Waals surface area (Å²) in [7, 11) is 3.93. The van der Waals surface area contributed by atoms with E-state index in [4.69, 9.17) is 9.84 Å². The average molecular weight is 746 g/mol. The van der Waals surface area contributed by atoms with Gasteiger partial charge in [0.15, 0.2) is 0 Å². The van der Waals surface area contributed by atoms with Crippen LogP contribution in [0, 0.1) is 19.3 Å². The van der Waals surface area contributed by atoms with Crippen LogP contribution in [0.3, 0.4) is 0 Å². The van der Waals surface area contributed by atoms with E-state index in [1.165, 1.54) is 28.5 Å². The van der Waals surface area contributed by atoms with Crippen molar-refractivity contribution in [3.63, 3.8) is 0 Å². The Morgan fingerprint density at radius 1 is 1.02 bits per heavy atom. The number of thioether (sulfide) groups is 1. The molecule has 0 unspecified atom stereocenters. The molecular formula is C40H63N3O8S. The minimum Gasteiger partial charge on any atom is -0.480 e. The summed E-state index contributed by atoms with van der Waals surface area (Å²) in [5.41, 5.74) is 4.42. The van der Waals surface area contributed by atoms with E-state index in [0.717, 1.165) is 56.3 Å². The van der Waals surface area contributed by atoms with Gasteiger partial charge in [0.1, 0.15) is 41.7 Å². The van der Waals surface area contributed by atoms with Gasteiger partial charge in [-0.2, -0.15) is 0 Å². The summed E-state index contributed by atoms with van der Waals surface area (Å²) in [5.74, 6) is -0.568. The smallest absolute Gasteiger partial charge is 0.320 e. The van der Waals surface area contributed by atoms with Crippen LogP contribution >= 0.6 is 11.8 Å². The first-order valence-electron chi connectivity index (χ1n) is 18.3. The van der Waals surface area contributed by atoms with Crippen LogP contribution in [0.25, 0.3) is 0 Å². The Balaban J connectivity index is 0.000000311. The molecule has 0 saturated carbocycles. The van der Waals surface area contributed by atoms with Gasteiger partial charge in [-0.25, -0.2) is 0 Å². The number of carboxylic acids is 1. The van der Waals surface area contributed by atoms with Gasteiger partial charge in [0.25, 0.3) is 0 Å². The maximum Gasteiger partial charge on any atom is 0.320 e. The molecule has 52 heavy (non-hydrogen) atoms. The van der Waals surface area contributed by atoms with Crippen LogP contribution in [0.1, 0.15) is 93.2 Å². The molecule has 4 rings (SSSR count). The number of aliphatic hydroxyl groups excluding tert-OH is 3. The highest BCUT2D eigenvalue weighted by atomic mass is 32.2. The highest BCUT2D eigenvalue weighted by Gasteiger charge is 2.44. The summed E-state index contributed by atoms with van der Waals surface area (Å²) < 4.78 is 5.88. The lowest BCUT2D eigenvalue weighted by atomic mass is 9.85. The second-order valence-corrected chi connectivity index (χ2v) is 15.7. The van der Waals surface area contributed by atoms with Crippen molar-refractivity contribution >= 4 is 29.4 Å². The molecule has 0 aromatic heterocycles. The Morgan fingerprint density at radius 3 is 2.23 bits per heavy atom. The van der Waals surface area contributed by atoms with Crippen LogP contribution in [-0.4, -0.2) is 113 Å². The van der Waals surface area contributed by atoms with Crippen molar-refractivity contribution in [2.45, 2.75) is 115 Å². The lowest BCUT2D eigenvalue weighted by Crippen LogP contribution is -2.52. The quantitative estimate of drug-likeness (QED) is 0.162. The van der Waals surface area contributed by atoms with Gasteiger partial charge in [0.05, 0.1) is 5.41 Å². The number of amides is 1. The van der Waals surface area contributed by atoms with E-state index >= 15 is 0 Å². The normalized spacial score (nSPS) is 22.8. The van der Waals surface area contributed by atoms with E-state index in [2.05, 4.69) is 55.7 Å². The Kier molecular flexibility index (Phi) is 19.5. The Hall–Kier alpha value is -2.84. The number of aliphatic carboxylic acids is 1. The number of nitrogens with one attached hydrogen (secondary N) is 2. The number of unbranched alkanes of at least 4 members (excludes halogenated alkanes) is 1. The monoisotopic (exact) mass is 745 g/mol. The largest absolute Gasteiger partial charge is 0.480 e. The molecule has 2 aliphatic rings. The Labute approximate surface area is 314 Å². The fraction of sp³-hybridized carbons (Fsp3) is 0.625. The number of nitrogens with zero attached hydrogens (tertiary/aromatic N) is 1. The molecule has 1 amide bonds. The number of carbonyl (C=O) groups is 3. The number of rotatable bonds is 14. The van der Waals surface area contributed by atoms with Gasteiger partial charge in [0.2, 0.25) is 5.91 Å². The fourth-order valence-electron chi connectivity index (χ4n) is 5.87. The number of benzene rings is 2. The van der Waals surface area contributed by atoms with Crippen molar-refractivity contribution in [3.05, 3.63) is 70.3 Å². The van der Waals surface area contributed by atoms with Crippen LogP contribution in [0.4, 0.5) is 0 Å². The van der Waals surface area contributed by atoms with Crippen LogP contribution in [-0.2, 0) is 25.5 Å². The second-order valence-electron chi connectivity index (χ2n) is 14.7. The third kappa shape index (κ3) is 14.9. The number of carbonyl (C=O) groups excluding carboxylic acids is 2. The lowest BCUT2D eigenvalue weighted by Gasteiger charge is -2.40. The first-order valence-corrected chi connectivity index (χ1v) is 19.6. The molecule has 2 aliphatic heterocycles. The molecule has 0 aliphatic carbocycles. The second kappa shape index (κ2) is 22.4. The number of hydrogen-bond acceptors (Lipinski definition) is 10. The number of aliphatic hydroxyl groups is 3. The first-order chi connectivity index (χ1) is 24.5. The maximum atomic E-state index is 12.0. The Morgan fingerprint density at radius 2 is 1.69 bits per heavy atom. The molecule has 0 radical (unpaired) electrons. The molecule has 2 aromatic rings. The van der Waals surface area contributed by atoms with Crippen LogP contribution < -0.4 is 10.6 Å². The van der Waals surface area contributed by atoms with Gasteiger partial charge in [-0.1, -0.05) is 75.2 Å². The average Bonchev–Trinajstić information content (AvgIpc) is 3.65. The van der Waals surface area contributed by atoms with E-state index in [9.17, 15) is 29.7 Å². The van der Waals surface area contributed by atoms with Crippen molar-refractivity contribution in [2.24, 2.45) is 5.41 Å². The van der Waals surface area contributed by atoms with Gasteiger partial charge in [-0.3, -0.25) is 14.4 Å². The summed E-state index contributed by atoms with van der Waals surface area (Å²) >= 11 is 1.33. The van der Waals surface area contributed by atoms with E-state index in [-0.39, 0.29) is 17.7 Å². The molecule has 6 N–H and O–H groups in total. The first kappa shape index (κ1) is 45.3. The third-order valence-corrected chi connectivity index (χ3v) is 10.1. The lowest BCUT2D eigenvalue weighted by molar-refractivity contribution is -0.200. The topological polar surface area (TPSA) is 169 Å². The maximum absolute atomic E-state index is 12.0. The van der Waals surface area contributed by atoms with Crippen molar-refractivity contribution < 1.29 is 39.5 Å². The summed E-state index contributed by atoms with van der Waals surface area (Å²) in [6.45, 7) is 12.2. The van der Waals surface area contributed by atoms with Gasteiger partial charge in [-0.15, -0.1) is 11.8 Å². The molecule has 12 heteroatoms. The van der Waals surface area contributed by atoms with E-state index in [1.807, 2.05) is 57.3 Å². The molecule has 6 atom stereocenters. The van der Waals surface area contributed by atoms with Gasteiger partial charge < -0.3 is 40.7 Å². The number of Topliss-reactive ketones (excluding diaryl/α,β-unsaturated/α-hetero) is 1. The van der Waals surface area contributed by atoms with Crippen molar-refractivity contribution in [1.29, 1.82) is 0 Å². The number of likely N-dealkylation sites (N-methyl/N-ethyl adjacent to an activating group) is 1. The number of ether oxygens (including phenoxy) is 1. The molecule has 2 heterocycles. The Bertz CT molecular complexity index is 1400. The SMILES string of the molecule is CCCCC(=O)CC(C)(C)C(=O)NCCN(C)C.CS[C@H]1O[C@@H](c2ccc(C)c(Cc3ccc(C)cc3)c2)[C@H](O)[C@@H](O)[C@@H]1O.O=C(O)[C@@H]1CCCN1. The predicted molar refractivity (Wildman–Crippen MR) is 207 cm³/mol. The number of ketones is 1. The predicted octanol–water partition coefficient (Wildman–Crippen LogP) is 4.40. The van der Waals surface area contributed by atoms with E-state index in [0.29, 0.717) is 19.4 Å². The molecule has 2 fully saturated rings. The molecule has 0 bridgehead atoms. The highest BCUT2D eigenvalue weighted by molar-refractivity contribution is 7.99. The summed E-state index contributed by atoms with van der Waals surface area (Å²) in [5, 5.41) is 44.7. The van der Waals surface area contributed by atoms with Crippen molar-refractivity contribution in [3.8, 4) is 0 Å². The third-order valence-electron chi connectivity index (χ3n) is 9.28. The molecule has 11 nitrogen and oxygen atoms in total. The van der Waals surface area contributed by atoms with E-state index < -0.39 is 41.2 Å².